The molecule has 1 nitrogen and oxygen atoms in total. The molecule has 0 aliphatic rings. The van der Waals surface area contributed by atoms with E-state index in [2.05, 4.69) is 37.8 Å². The van der Waals surface area contributed by atoms with Gasteiger partial charge >= 0.3 is 0 Å². The van der Waals surface area contributed by atoms with E-state index in [0.29, 0.717) is 0 Å². The lowest BCUT2D eigenvalue weighted by molar-refractivity contribution is 0.607. The molecule has 15 heavy (non-hydrogen) atoms. The zero-order chi connectivity index (χ0) is 11.3. The van der Waals surface area contributed by atoms with E-state index in [1.54, 1.807) is 0 Å². The van der Waals surface area contributed by atoms with Crippen LogP contribution in [0.5, 0.6) is 0 Å². The quantitative estimate of drug-likeness (QED) is 0.731. The molecule has 0 bridgehead atoms. The lowest BCUT2D eigenvalue weighted by Crippen LogP contribution is -2.20. The fraction of sp³-hybridized carbons (Fsp3) is 0.429. The van der Waals surface area contributed by atoms with Gasteiger partial charge in [0.25, 0.3) is 0 Å². The summed E-state index contributed by atoms with van der Waals surface area (Å²) in [5.41, 5.74) is 9.96. The van der Waals surface area contributed by atoms with Crippen molar-refractivity contribution in [3.63, 3.8) is 0 Å². The van der Waals surface area contributed by atoms with Gasteiger partial charge in [-0.15, -0.1) is 6.58 Å². The Hall–Kier alpha value is -1.08. The Bertz CT molecular complexity index is 328. The molecule has 0 heterocycles. The van der Waals surface area contributed by atoms with E-state index >= 15 is 0 Å². The second kappa shape index (κ2) is 5.72. The number of aryl methyl sites for hydroxylation is 2. The van der Waals surface area contributed by atoms with Gasteiger partial charge in [0.15, 0.2) is 0 Å². The molecule has 0 amide bonds. The van der Waals surface area contributed by atoms with Gasteiger partial charge in [0.2, 0.25) is 0 Å². The topological polar surface area (TPSA) is 26.0 Å². The van der Waals surface area contributed by atoms with Crippen LogP contribution in [-0.2, 0) is 6.42 Å². The summed E-state index contributed by atoms with van der Waals surface area (Å²) in [5, 5.41) is 0. The number of rotatable bonds is 5. The summed E-state index contributed by atoms with van der Waals surface area (Å²) >= 11 is 0. The monoisotopic (exact) mass is 203 g/mol. The van der Waals surface area contributed by atoms with Crippen LogP contribution in [0.1, 0.15) is 30.9 Å². The summed E-state index contributed by atoms with van der Waals surface area (Å²) in [6.45, 7) is 8.08. The van der Waals surface area contributed by atoms with Crippen LogP contribution in [0.25, 0.3) is 0 Å². The minimum atomic E-state index is 0.252. The van der Waals surface area contributed by atoms with Crippen molar-refractivity contribution in [2.75, 3.05) is 0 Å². The van der Waals surface area contributed by atoms with E-state index in [1.165, 1.54) is 16.7 Å². The van der Waals surface area contributed by atoms with Crippen LogP contribution >= 0.6 is 0 Å². The molecule has 0 radical (unpaired) electrons. The van der Waals surface area contributed by atoms with Gasteiger partial charge in [-0.2, -0.15) is 0 Å². The molecule has 0 saturated carbocycles. The predicted octanol–water partition coefficient (Wildman–Crippen LogP) is 3.22. The Morgan fingerprint density at radius 1 is 1.40 bits per heavy atom. The van der Waals surface area contributed by atoms with Gasteiger partial charge in [-0.1, -0.05) is 29.8 Å². The van der Waals surface area contributed by atoms with Gasteiger partial charge in [0.05, 0.1) is 0 Å². The Labute approximate surface area is 93.0 Å². The molecule has 0 aliphatic heterocycles. The minimum Gasteiger partial charge on any atom is -0.327 e. The van der Waals surface area contributed by atoms with Crippen molar-refractivity contribution in [1.29, 1.82) is 0 Å². The van der Waals surface area contributed by atoms with E-state index in [0.717, 1.165) is 19.3 Å². The highest BCUT2D eigenvalue weighted by Gasteiger charge is 2.04. The highest BCUT2D eigenvalue weighted by Crippen LogP contribution is 2.12. The Kier molecular flexibility index (Phi) is 4.57. The maximum Gasteiger partial charge on any atom is 0.00790 e. The van der Waals surface area contributed by atoms with Crippen LogP contribution < -0.4 is 5.73 Å². The molecule has 1 aromatic rings. The van der Waals surface area contributed by atoms with Crippen LogP contribution in [-0.4, -0.2) is 6.04 Å². The lowest BCUT2D eigenvalue weighted by Gasteiger charge is -2.12. The molecular weight excluding hydrogens is 182 g/mol. The first-order chi connectivity index (χ1) is 7.09. The largest absolute Gasteiger partial charge is 0.327 e. The van der Waals surface area contributed by atoms with Gasteiger partial charge in [-0.25, -0.2) is 0 Å². The maximum absolute atomic E-state index is 6.01. The third-order valence-corrected chi connectivity index (χ3v) is 2.66. The van der Waals surface area contributed by atoms with Crippen LogP contribution in [0.15, 0.2) is 36.4 Å². The molecule has 0 saturated heterocycles. The molecule has 1 rings (SSSR count). The van der Waals surface area contributed by atoms with Crippen molar-refractivity contribution >= 4 is 0 Å². The minimum absolute atomic E-state index is 0.252. The molecule has 2 N–H and O–H groups in total. The lowest BCUT2D eigenvalue weighted by atomic mass is 9.98. The number of hydrogen-bond donors (Lipinski definition) is 1. The smallest absolute Gasteiger partial charge is 0.00790 e. The standard InChI is InChI=1S/C14H21N/c1-11(2)10-14(15)9-8-13-7-5-4-6-12(13)3/h4-7,14H,1,8-10,15H2,2-3H3. The van der Waals surface area contributed by atoms with E-state index in [1.807, 2.05) is 6.92 Å². The summed E-state index contributed by atoms with van der Waals surface area (Å²) in [6, 6.07) is 8.75. The van der Waals surface area contributed by atoms with Crippen molar-refractivity contribution in [1.82, 2.24) is 0 Å². The van der Waals surface area contributed by atoms with E-state index < -0.39 is 0 Å². The Morgan fingerprint density at radius 3 is 2.67 bits per heavy atom. The molecule has 0 fully saturated rings. The van der Waals surface area contributed by atoms with E-state index in [-0.39, 0.29) is 6.04 Å². The fourth-order valence-corrected chi connectivity index (χ4v) is 1.78. The third kappa shape index (κ3) is 4.30. The van der Waals surface area contributed by atoms with Crippen LogP contribution in [0.4, 0.5) is 0 Å². The second-order valence-electron chi connectivity index (χ2n) is 4.39. The van der Waals surface area contributed by atoms with Gasteiger partial charge in [0.1, 0.15) is 0 Å². The predicted molar refractivity (Wildman–Crippen MR) is 66.9 cm³/mol. The average Bonchev–Trinajstić information content (AvgIpc) is 2.15. The Morgan fingerprint density at radius 2 is 2.07 bits per heavy atom. The normalized spacial score (nSPS) is 12.5. The first-order valence-electron chi connectivity index (χ1n) is 5.54. The zero-order valence-corrected chi connectivity index (χ0v) is 9.79. The highest BCUT2D eigenvalue weighted by molar-refractivity contribution is 5.25. The van der Waals surface area contributed by atoms with Crippen LogP contribution in [0.2, 0.25) is 0 Å². The summed E-state index contributed by atoms with van der Waals surface area (Å²) in [4.78, 5) is 0. The summed E-state index contributed by atoms with van der Waals surface area (Å²) in [7, 11) is 0. The number of benzene rings is 1. The highest BCUT2D eigenvalue weighted by atomic mass is 14.6. The molecule has 0 spiro atoms. The second-order valence-corrected chi connectivity index (χ2v) is 4.39. The average molecular weight is 203 g/mol. The molecule has 1 unspecified atom stereocenters. The van der Waals surface area contributed by atoms with Crippen molar-refractivity contribution < 1.29 is 0 Å². The molecule has 82 valence electrons. The molecule has 1 atom stereocenters. The molecular formula is C14H21N. The van der Waals surface area contributed by atoms with Gasteiger partial charge in [-0.05, 0) is 44.2 Å². The molecule has 0 aliphatic carbocycles. The SMILES string of the molecule is C=C(C)CC(N)CCc1ccccc1C. The van der Waals surface area contributed by atoms with Crippen LogP contribution in [0.3, 0.4) is 0 Å². The maximum atomic E-state index is 6.01. The molecule has 0 aromatic heterocycles. The molecule has 1 heteroatoms. The van der Waals surface area contributed by atoms with Crippen molar-refractivity contribution in [3.8, 4) is 0 Å². The van der Waals surface area contributed by atoms with Crippen LogP contribution in [0, 0.1) is 6.92 Å². The number of hydrogen-bond acceptors (Lipinski definition) is 1. The van der Waals surface area contributed by atoms with Gasteiger partial charge < -0.3 is 5.73 Å². The van der Waals surface area contributed by atoms with E-state index in [4.69, 9.17) is 5.73 Å². The first kappa shape index (κ1) is 12.0. The molecule has 1 aromatic carbocycles. The fourth-order valence-electron chi connectivity index (χ4n) is 1.78. The summed E-state index contributed by atoms with van der Waals surface area (Å²) < 4.78 is 0. The zero-order valence-electron chi connectivity index (χ0n) is 9.79. The number of nitrogens with two attached hydrogens (primary N) is 1. The Balaban J connectivity index is 2.43. The van der Waals surface area contributed by atoms with Gasteiger partial charge in [0, 0.05) is 6.04 Å². The first-order valence-corrected chi connectivity index (χ1v) is 5.54. The summed E-state index contributed by atoms with van der Waals surface area (Å²) in [5.74, 6) is 0. The van der Waals surface area contributed by atoms with Gasteiger partial charge in [-0.3, -0.25) is 0 Å². The third-order valence-electron chi connectivity index (χ3n) is 2.66. The summed E-state index contributed by atoms with van der Waals surface area (Å²) in [6.07, 6.45) is 3.05. The van der Waals surface area contributed by atoms with Crippen molar-refractivity contribution in [2.45, 2.75) is 39.2 Å². The van der Waals surface area contributed by atoms with Crippen molar-refractivity contribution in [3.05, 3.63) is 47.5 Å². The van der Waals surface area contributed by atoms with Crippen molar-refractivity contribution in [2.24, 2.45) is 5.73 Å². The van der Waals surface area contributed by atoms with E-state index in [9.17, 15) is 0 Å².